The predicted molar refractivity (Wildman–Crippen MR) is 89.4 cm³/mol. The maximum Gasteiger partial charge on any atom is 0.406 e. The van der Waals surface area contributed by atoms with E-state index in [1.54, 1.807) is 12.1 Å². The van der Waals surface area contributed by atoms with E-state index in [1.807, 2.05) is 6.07 Å². The predicted octanol–water partition coefficient (Wildman–Crippen LogP) is 3.70. The molecule has 1 saturated heterocycles. The quantitative estimate of drug-likeness (QED) is 0.775. The van der Waals surface area contributed by atoms with Crippen LogP contribution in [0.3, 0.4) is 0 Å². The van der Waals surface area contributed by atoms with Gasteiger partial charge in [0.05, 0.1) is 12.1 Å². The average molecular weight is 343 g/mol. The molecule has 2 rings (SSSR count). The smallest absolute Gasteiger partial charge is 0.406 e. The van der Waals surface area contributed by atoms with Crippen molar-refractivity contribution in [2.75, 3.05) is 26.7 Å². The van der Waals surface area contributed by atoms with Crippen LogP contribution in [0.4, 0.5) is 9.18 Å². The molecule has 1 aromatic rings. The molecular formula is C17H24ClFN2O2. The van der Waals surface area contributed by atoms with Crippen LogP contribution in [0.5, 0.6) is 0 Å². The SMILES string of the molecule is COC(=O)NCCC[C@@H](c1cccc(Cl)c1F)[C@@H]1CCCNC1. The van der Waals surface area contributed by atoms with Gasteiger partial charge in [0.2, 0.25) is 0 Å². The molecule has 0 aliphatic carbocycles. The third-order valence-electron chi connectivity index (χ3n) is 4.43. The van der Waals surface area contributed by atoms with Crippen LogP contribution in [0.2, 0.25) is 5.02 Å². The molecule has 2 atom stereocenters. The summed E-state index contributed by atoms with van der Waals surface area (Å²) in [7, 11) is 1.34. The second-order valence-corrected chi connectivity index (χ2v) is 6.32. The molecule has 1 fully saturated rings. The highest BCUT2D eigenvalue weighted by Gasteiger charge is 2.27. The van der Waals surface area contributed by atoms with Crippen LogP contribution in [-0.2, 0) is 4.74 Å². The van der Waals surface area contributed by atoms with Gasteiger partial charge in [-0.2, -0.15) is 0 Å². The zero-order chi connectivity index (χ0) is 16.7. The van der Waals surface area contributed by atoms with Gasteiger partial charge in [0.15, 0.2) is 0 Å². The van der Waals surface area contributed by atoms with E-state index in [0.29, 0.717) is 18.0 Å². The van der Waals surface area contributed by atoms with E-state index in [1.165, 1.54) is 7.11 Å². The number of nitrogens with one attached hydrogen (secondary N) is 2. The summed E-state index contributed by atoms with van der Waals surface area (Å²) in [6, 6.07) is 5.21. The Morgan fingerprint density at radius 3 is 3.09 bits per heavy atom. The van der Waals surface area contributed by atoms with Gasteiger partial charge in [0.25, 0.3) is 0 Å². The Morgan fingerprint density at radius 1 is 1.57 bits per heavy atom. The van der Waals surface area contributed by atoms with Crippen molar-refractivity contribution >= 4 is 17.7 Å². The molecular weight excluding hydrogens is 319 g/mol. The third kappa shape index (κ3) is 5.08. The Labute approximate surface area is 141 Å². The van der Waals surface area contributed by atoms with Crippen LogP contribution < -0.4 is 10.6 Å². The normalized spacial score (nSPS) is 19.2. The van der Waals surface area contributed by atoms with Crippen LogP contribution in [-0.4, -0.2) is 32.8 Å². The minimum Gasteiger partial charge on any atom is -0.453 e. The number of hydrogen-bond donors (Lipinski definition) is 2. The number of ether oxygens (including phenoxy) is 1. The van der Waals surface area contributed by atoms with Gasteiger partial charge in [-0.15, -0.1) is 0 Å². The second kappa shape index (κ2) is 9.08. The van der Waals surface area contributed by atoms with Crippen molar-refractivity contribution in [3.63, 3.8) is 0 Å². The first kappa shape index (κ1) is 18.0. The van der Waals surface area contributed by atoms with E-state index in [0.717, 1.165) is 38.8 Å². The summed E-state index contributed by atoms with van der Waals surface area (Å²) in [5.41, 5.74) is 0.685. The Balaban J connectivity index is 2.05. The molecule has 0 unspecified atom stereocenters. The molecule has 0 spiro atoms. The van der Waals surface area contributed by atoms with Crippen LogP contribution in [0, 0.1) is 11.7 Å². The summed E-state index contributed by atoms with van der Waals surface area (Å²) in [4.78, 5) is 11.1. The maximum atomic E-state index is 14.5. The highest BCUT2D eigenvalue weighted by Crippen LogP contribution is 2.36. The van der Waals surface area contributed by atoms with Gasteiger partial charge in [0, 0.05) is 6.54 Å². The number of carbonyl (C=O) groups is 1. The van der Waals surface area contributed by atoms with Gasteiger partial charge in [-0.25, -0.2) is 9.18 Å². The molecule has 0 bridgehead atoms. The molecule has 6 heteroatoms. The molecule has 0 saturated carbocycles. The lowest BCUT2D eigenvalue weighted by Crippen LogP contribution is -2.34. The first-order chi connectivity index (χ1) is 11.1. The van der Waals surface area contributed by atoms with Crippen LogP contribution >= 0.6 is 11.6 Å². The summed E-state index contributed by atoms with van der Waals surface area (Å²) in [5, 5.41) is 6.23. The Morgan fingerprint density at radius 2 is 2.39 bits per heavy atom. The molecule has 1 heterocycles. The summed E-state index contributed by atoms with van der Waals surface area (Å²) < 4.78 is 19.0. The lowest BCUT2D eigenvalue weighted by Gasteiger charge is -2.31. The number of benzene rings is 1. The maximum absolute atomic E-state index is 14.5. The molecule has 1 aliphatic rings. The van der Waals surface area contributed by atoms with E-state index in [9.17, 15) is 9.18 Å². The number of hydrogen-bond acceptors (Lipinski definition) is 3. The van der Waals surface area contributed by atoms with Gasteiger partial charge in [-0.1, -0.05) is 23.7 Å². The molecule has 0 aromatic heterocycles. The average Bonchev–Trinajstić information content (AvgIpc) is 2.58. The second-order valence-electron chi connectivity index (χ2n) is 5.92. The molecule has 4 nitrogen and oxygen atoms in total. The number of piperidine rings is 1. The van der Waals surface area contributed by atoms with Gasteiger partial charge >= 0.3 is 6.09 Å². The Kier molecular flexibility index (Phi) is 7.12. The number of methoxy groups -OCH3 is 1. The number of alkyl carbamates (subject to hydrolysis) is 1. The van der Waals surface area contributed by atoms with Gasteiger partial charge in [0.1, 0.15) is 5.82 Å². The van der Waals surface area contributed by atoms with E-state index in [2.05, 4.69) is 15.4 Å². The van der Waals surface area contributed by atoms with Crippen molar-refractivity contribution in [2.45, 2.75) is 31.6 Å². The molecule has 128 valence electrons. The third-order valence-corrected chi connectivity index (χ3v) is 4.72. The molecule has 23 heavy (non-hydrogen) atoms. The van der Waals surface area contributed by atoms with Crippen LogP contribution in [0.25, 0.3) is 0 Å². The highest BCUT2D eigenvalue weighted by molar-refractivity contribution is 6.30. The van der Waals surface area contributed by atoms with E-state index in [4.69, 9.17) is 11.6 Å². The number of amides is 1. The standard InChI is InChI=1S/C17H24ClFN2O2/c1-23-17(22)21-10-4-7-13(12-5-3-9-20-11-12)14-6-2-8-15(18)16(14)19/h2,6,8,12-13,20H,3-5,7,9-11H2,1H3,(H,21,22)/t12-,13-/m1/s1. The lowest BCUT2D eigenvalue weighted by atomic mass is 9.78. The Hall–Kier alpha value is -1.33. The zero-order valence-electron chi connectivity index (χ0n) is 13.4. The minimum atomic E-state index is -0.435. The number of rotatable bonds is 6. The van der Waals surface area contributed by atoms with Crippen molar-refractivity contribution < 1.29 is 13.9 Å². The molecule has 1 aliphatic heterocycles. The summed E-state index contributed by atoms with van der Waals surface area (Å²) in [5.74, 6) is 0.168. The van der Waals surface area contributed by atoms with E-state index in [-0.39, 0.29) is 16.8 Å². The van der Waals surface area contributed by atoms with Crippen molar-refractivity contribution in [2.24, 2.45) is 5.92 Å². The van der Waals surface area contributed by atoms with Gasteiger partial charge in [-0.3, -0.25) is 0 Å². The lowest BCUT2D eigenvalue weighted by molar-refractivity contribution is 0.170. The van der Waals surface area contributed by atoms with Crippen molar-refractivity contribution in [1.29, 1.82) is 0 Å². The van der Waals surface area contributed by atoms with Crippen LogP contribution in [0.15, 0.2) is 18.2 Å². The first-order valence-corrected chi connectivity index (χ1v) is 8.47. The van der Waals surface area contributed by atoms with E-state index < -0.39 is 6.09 Å². The topological polar surface area (TPSA) is 50.4 Å². The fourth-order valence-electron chi connectivity index (χ4n) is 3.26. The van der Waals surface area contributed by atoms with Crippen molar-refractivity contribution in [1.82, 2.24) is 10.6 Å². The minimum absolute atomic E-state index is 0.0981. The molecule has 1 aromatic carbocycles. The van der Waals surface area contributed by atoms with E-state index >= 15 is 0 Å². The molecule has 0 radical (unpaired) electrons. The number of carbonyl (C=O) groups excluding carboxylic acids is 1. The first-order valence-electron chi connectivity index (χ1n) is 8.10. The zero-order valence-corrected chi connectivity index (χ0v) is 14.2. The summed E-state index contributed by atoms with van der Waals surface area (Å²) in [6.07, 6.45) is 3.31. The van der Waals surface area contributed by atoms with Gasteiger partial charge < -0.3 is 15.4 Å². The number of halogens is 2. The Bertz CT molecular complexity index is 521. The fraction of sp³-hybridized carbons (Fsp3) is 0.588. The van der Waals surface area contributed by atoms with Gasteiger partial charge in [-0.05, 0) is 62.2 Å². The van der Waals surface area contributed by atoms with Crippen molar-refractivity contribution in [3.05, 3.63) is 34.6 Å². The summed E-state index contributed by atoms with van der Waals surface area (Å²) in [6.45, 7) is 2.43. The molecule has 1 amide bonds. The van der Waals surface area contributed by atoms with Crippen molar-refractivity contribution in [3.8, 4) is 0 Å². The van der Waals surface area contributed by atoms with Crippen LogP contribution in [0.1, 0.15) is 37.2 Å². The highest BCUT2D eigenvalue weighted by atomic mass is 35.5. The fourth-order valence-corrected chi connectivity index (χ4v) is 3.44. The monoisotopic (exact) mass is 342 g/mol. The molecule has 2 N–H and O–H groups in total. The largest absolute Gasteiger partial charge is 0.453 e. The summed E-state index contributed by atoms with van der Waals surface area (Å²) >= 11 is 5.95.